The van der Waals surface area contributed by atoms with Crippen LogP contribution in [0, 0.1) is 77.6 Å². The van der Waals surface area contributed by atoms with E-state index < -0.39 is 0 Å². The molecule has 542 valence electrons. The maximum Gasteiger partial charge on any atom is 0.130 e. The van der Waals surface area contributed by atoms with E-state index in [1.165, 1.54) is 45.5 Å². The fourth-order valence-corrected chi connectivity index (χ4v) is 10.3. The van der Waals surface area contributed by atoms with Crippen molar-refractivity contribution in [1.82, 2.24) is 9.78 Å². The van der Waals surface area contributed by atoms with E-state index in [-0.39, 0.29) is 77.9 Å². The fourth-order valence-electron chi connectivity index (χ4n) is 9.49. The Morgan fingerprint density at radius 3 is 0.959 bits per heavy atom. The van der Waals surface area contributed by atoms with E-state index >= 15 is 0 Å². The van der Waals surface area contributed by atoms with E-state index in [0.717, 1.165) is 38.0 Å². The number of halogens is 8. The van der Waals surface area contributed by atoms with Gasteiger partial charge in [0.2, 0.25) is 0 Å². The molecule has 8 aromatic rings. The second-order valence-electron chi connectivity index (χ2n) is 35.3. The van der Waals surface area contributed by atoms with Crippen molar-refractivity contribution in [3.8, 4) is 0 Å². The number of hydrogen-bond acceptors (Lipinski definition) is 1. The first-order chi connectivity index (χ1) is 44.0. The van der Waals surface area contributed by atoms with Gasteiger partial charge in [-0.15, -0.1) is 0 Å². The van der Waals surface area contributed by atoms with Crippen molar-refractivity contribution in [3.05, 3.63) is 261 Å². The number of aromatic nitrogens is 2. The minimum atomic E-state index is -0.371. The average molecular weight is 1410 g/mol. The van der Waals surface area contributed by atoms with Crippen LogP contribution in [0.1, 0.15) is 271 Å². The molecule has 0 aliphatic carbocycles. The van der Waals surface area contributed by atoms with Gasteiger partial charge in [-0.25, -0.2) is 22.0 Å². The SMILES string of the molecule is CC(C)(C)c1ccn(C(C)(C)C)n1.Cc1cc(Cl)cc(C(C)(C)C)c1.Cc1cc(Cl)cc(C(C)(C)C)c1.Cc1cc(Cl)cc(C(C)(C)C)c1F.Cc1cc(F)cc(C(C)(C)C)c1.Cc1cc(F)cc(C(C)(C)C)c1F.Cc1cccc(C(C)(C)C)c1.Cc1cccc(C(C)(C)C)c1F. The van der Waals surface area contributed by atoms with Gasteiger partial charge in [0, 0.05) is 26.7 Å². The smallest absolute Gasteiger partial charge is 0.130 e. The molecular formula is C88H124Cl3F5N2. The Kier molecular flexibility index (Phi) is 33.4. The Bertz CT molecular complexity index is 3500. The van der Waals surface area contributed by atoms with Crippen LogP contribution in [0.25, 0.3) is 0 Å². The fraction of sp³-hybridized carbons (Fsp3) is 0.489. The minimum Gasteiger partial charge on any atom is -0.267 e. The summed E-state index contributed by atoms with van der Waals surface area (Å²) in [7, 11) is 0. The summed E-state index contributed by atoms with van der Waals surface area (Å²) in [6.07, 6.45) is 2.06. The molecule has 7 aromatic carbocycles. The van der Waals surface area contributed by atoms with Crippen molar-refractivity contribution >= 4 is 34.8 Å². The van der Waals surface area contributed by atoms with Crippen LogP contribution in [-0.4, -0.2) is 9.78 Å². The third-order valence-corrected chi connectivity index (χ3v) is 16.4. The van der Waals surface area contributed by atoms with E-state index in [0.29, 0.717) is 27.3 Å². The highest BCUT2D eigenvalue weighted by atomic mass is 35.5. The van der Waals surface area contributed by atoms with Crippen LogP contribution in [-0.2, 0) is 48.9 Å². The normalized spacial score (nSPS) is 12.0. The first-order valence-electron chi connectivity index (χ1n) is 34.1. The zero-order chi connectivity index (χ0) is 76.6. The molecule has 0 atom stereocenters. The lowest BCUT2D eigenvalue weighted by molar-refractivity contribution is 0.348. The Hall–Kier alpha value is -5.73. The maximum atomic E-state index is 13.6. The van der Waals surface area contributed by atoms with Gasteiger partial charge in [0.1, 0.15) is 29.1 Å². The molecule has 98 heavy (non-hydrogen) atoms. The predicted molar refractivity (Wildman–Crippen MR) is 420 cm³/mol. The molecule has 0 saturated carbocycles. The topological polar surface area (TPSA) is 17.8 Å². The van der Waals surface area contributed by atoms with E-state index in [4.69, 9.17) is 34.8 Å². The molecular weight excluding hydrogens is 1290 g/mol. The molecule has 0 saturated heterocycles. The molecule has 0 unspecified atom stereocenters. The van der Waals surface area contributed by atoms with Crippen LogP contribution in [0.5, 0.6) is 0 Å². The Morgan fingerprint density at radius 1 is 0.286 bits per heavy atom. The van der Waals surface area contributed by atoms with Crippen molar-refractivity contribution < 1.29 is 22.0 Å². The van der Waals surface area contributed by atoms with Gasteiger partial charge in [0.05, 0.1) is 11.2 Å². The number of nitrogens with zero attached hydrogens (tertiary/aromatic N) is 2. The lowest BCUT2D eigenvalue weighted by Crippen LogP contribution is -2.23. The van der Waals surface area contributed by atoms with Crippen LogP contribution in [0.3, 0.4) is 0 Å². The molecule has 2 nitrogen and oxygen atoms in total. The van der Waals surface area contributed by atoms with E-state index in [1.807, 2.05) is 116 Å². The summed E-state index contributed by atoms with van der Waals surface area (Å²) in [5.41, 5.74) is 14.9. The molecule has 1 aromatic heterocycles. The molecule has 8 rings (SSSR count). The van der Waals surface area contributed by atoms with Gasteiger partial charge in [-0.3, -0.25) is 4.68 Å². The van der Waals surface area contributed by atoms with Crippen molar-refractivity contribution in [2.75, 3.05) is 0 Å². The molecule has 0 spiro atoms. The van der Waals surface area contributed by atoms with E-state index in [2.05, 4.69) is 199 Å². The molecule has 0 fully saturated rings. The number of hydrogen-bond donors (Lipinski definition) is 0. The molecule has 0 aliphatic rings. The summed E-state index contributed by atoms with van der Waals surface area (Å²) >= 11 is 17.8. The molecule has 1 heterocycles. The van der Waals surface area contributed by atoms with Gasteiger partial charge in [0.25, 0.3) is 0 Å². The quantitative estimate of drug-likeness (QED) is 0.138. The summed E-state index contributed by atoms with van der Waals surface area (Å²) in [4.78, 5) is 0. The van der Waals surface area contributed by atoms with E-state index in [9.17, 15) is 22.0 Å². The number of benzene rings is 7. The largest absolute Gasteiger partial charge is 0.267 e. The first-order valence-corrected chi connectivity index (χ1v) is 35.2. The molecule has 0 aliphatic heterocycles. The van der Waals surface area contributed by atoms with Gasteiger partial charge >= 0.3 is 0 Å². The molecule has 0 amide bonds. The lowest BCUT2D eigenvalue weighted by Gasteiger charge is -2.21. The van der Waals surface area contributed by atoms with Crippen LogP contribution in [0.4, 0.5) is 22.0 Å². The second kappa shape index (κ2) is 36.2. The molecule has 0 radical (unpaired) electrons. The van der Waals surface area contributed by atoms with Crippen LogP contribution < -0.4 is 0 Å². The highest BCUT2D eigenvalue weighted by Gasteiger charge is 2.24. The van der Waals surface area contributed by atoms with Gasteiger partial charge in [-0.2, -0.15) is 5.10 Å². The summed E-state index contributed by atoms with van der Waals surface area (Å²) in [6.45, 7) is 70.0. The van der Waals surface area contributed by atoms with Crippen molar-refractivity contribution in [2.24, 2.45) is 0 Å². The summed E-state index contributed by atoms with van der Waals surface area (Å²) < 4.78 is 68.6. The summed E-state index contributed by atoms with van der Waals surface area (Å²) in [5.74, 6) is -1.01. The van der Waals surface area contributed by atoms with Gasteiger partial charge in [0.15, 0.2) is 0 Å². The third-order valence-electron chi connectivity index (χ3n) is 15.7. The monoisotopic (exact) mass is 1410 g/mol. The van der Waals surface area contributed by atoms with Crippen molar-refractivity contribution in [1.29, 1.82) is 0 Å². The zero-order valence-corrected chi connectivity index (χ0v) is 68.9. The molecule has 0 N–H and O–H groups in total. The van der Waals surface area contributed by atoms with Gasteiger partial charge in [-0.1, -0.05) is 267 Å². The Labute approximate surface area is 608 Å². The minimum absolute atomic E-state index is 0.0346. The number of rotatable bonds is 0. The highest BCUT2D eigenvalue weighted by molar-refractivity contribution is 6.31. The van der Waals surface area contributed by atoms with Gasteiger partial charge in [-0.05, 0) is 246 Å². The lowest BCUT2D eigenvalue weighted by atomic mass is 9.85. The van der Waals surface area contributed by atoms with Crippen molar-refractivity contribution in [2.45, 2.75) is 284 Å². The van der Waals surface area contributed by atoms with E-state index in [1.54, 1.807) is 51.1 Å². The first kappa shape index (κ1) is 90.3. The zero-order valence-electron chi connectivity index (χ0n) is 66.6. The predicted octanol–water partition coefficient (Wildman–Crippen LogP) is 28.6. The summed E-state index contributed by atoms with van der Waals surface area (Å²) in [5, 5.41) is 6.84. The summed E-state index contributed by atoms with van der Waals surface area (Å²) in [6, 6.07) is 39.8. The maximum absolute atomic E-state index is 13.6. The highest BCUT2D eigenvalue weighted by Crippen LogP contribution is 2.33. The van der Waals surface area contributed by atoms with Crippen LogP contribution in [0.15, 0.2) is 134 Å². The molecule has 10 heteroatoms. The number of aryl methyl sites for hydroxylation is 7. The van der Waals surface area contributed by atoms with Gasteiger partial charge < -0.3 is 0 Å². The average Bonchev–Trinajstić information content (AvgIpc) is 0.976. The second-order valence-corrected chi connectivity index (χ2v) is 36.7. The standard InChI is InChI=1S/C11H14ClF.2C11H15Cl.C11H14F2.2C11H15F.C11H20N2.C11H16/c1-7-5-8(12)6-9(10(7)13)11(2,3)4;2*1-8-5-9(11(2,3)4)7-10(12)6-8;1-7-5-8(12)6-9(10(7)13)11(2,3)4;1-8-5-9(11(2,3)4)7-10(12)6-8;1-8-6-5-7-9(10(8)12)11(2,3)4;1-10(2,3)9-7-8-13(12-9)11(4,5)6;1-9-6-5-7-10(8-9)11(2,3)4/h5-6H,1-4H3;2*5-7H,1-4H3;5-6H,1-4H3;2*5-7H,1-4H3;7-8H,1-6H3;5-8H,1-4H3. The van der Waals surface area contributed by atoms with Crippen LogP contribution >= 0.6 is 34.8 Å². The Balaban J connectivity index is 0.000000560. The molecule has 0 bridgehead atoms. The van der Waals surface area contributed by atoms with Crippen LogP contribution in [0.2, 0.25) is 15.1 Å². The van der Waals surface area contributed by atoms with Crippen molar-refractivity contribution in [3.63, 3.8) is 0 Å². The Morgan fingerprint density at radius 2 is 0.633 bits per heavy atom. The third kappa shape index (κ3) is 32.3.